The van der Waals surface area contributed by atoms with Crippen molar-refractivity contribution in [3.8, 4) is 11.6 Å². The van der Waals surface area contributed by atoms with E-state index in [2.05, 4.69) is 25.7 Å². The molecule has 2 aromatic heterocycles. The molecule has 3 heterocycles. The zero-order chi connectivity index (χ0) is 26.0. The van der Waals surface area contributed by atoms with Crippen LogP contribution in [0.3, 0.4) is 0 Å². The Bertz CT molecular complexity index is 1420. The van der Waals surface area contributed by atoms with Gasteiger partial charge < -0.3 is 20.1 Å². The van der Waals surface area contributed by atoms with Crippen molar-refractivity contribution in [2.24, 2.45) is 0 Å². The summed E-state index contributed by atoms with van der Waals surface area (Å²) in [5.41, 5.74) is -0.804. The average molecular weight is 516 g/mol. The van der Waals surface area contributed by atoms with Crippen molar-refractivity contribution in [1.29, 1.82) is 0 Å². The molecule has 1 atom stereocenters. The number of amides is 2. The number of ether oxygens (including phenoxy) is 2. The smallest absolute Gasteiger partial charge is 0.416 e. The summed E-state index contributed by atoms with van der Waals surface area (Å²) < 4.78 is 65.9. The van der Waals surface area contributed by atoms with E-state index >= 15 is 0 Å². The van der Waals surface area contributed by atoms with Crippen LogP contribution in [-0.2, 0) is 10.9 Å². The summed E-state index contributed by atoms with van der Waals surface area (Å²) in [5, 5.41) is 9.50. The maximum absolute atomic E-state index is 13.9. The minimum absolute atomic E-state index is 0.199. The van der Waals surface area contributed by atoms with Crippen LogP contribution < -0.4 is 15.4 Å². The van der Waals surface area contributed by atoms with Gasteiger partial charge in [0.2, 0.25) is 5.88 Å². The molecule has 1 unspecified atom stereocenters. The standard InChI is InChI=1S/C24H20F4N6O3/c25-18-9-4-14(24(26,27)28)11-19(18)33-23(35)32-15-5-7-16(8-6-15)37-22-17-12-31-34(21(17)29-13-30-22)20-3-1-2-10-36-20/h4-9,11-13,20H,1-3,10H2,(H2,32,33,35). The molecule has 0 bridgehead atoms. The van der Waals surface area contributed by atoms with Crippen LogP contribution in [0.1, 0.15) is 31.1 Å². The van der Waals surface area contributed by atoms with E-state index in [4.69, 9.17) is 9.47 Å². The van der Waals surface area contributed by atoms with Gasteiger partial charge in [0.1, 0.15) is 23.3 Å². The Balaban J connectivity index is 1.25. The summed E-state index contributed by atoms with van der Waals surface area (Å²) in [5.74, 6) is -0.316. The highest BCUT2D eigenvalue weighted by atomic mass is 19.4. The number of aromatic nitrogens is 4. The summed E-state index contributed by atoms with van der Waals surface area (Å²) in [4.78, 5) is 20.7. The van der Waals surface area contributed by atoms with Gasteiger partial charge in [0.25, 0.3) is 0 Å². The first-order chi connectivity index (χ1) is 17.8. The van der Waals surface area contributed by atoms with Crippen LogP contribution >= 0.6 is 0 Å². The minimum Gasteiger partial charge on any atom is -0.438 e. The average Bonchev–Trinajstić information content (AvgIpc) is 3.32. The molecule has 5 rings (SSSR count). The van der Waals surface area contributed by atoms with E-state index < -0.39 is 29.3 Å². The molecule has 2 N–H and O–H groups in total. The number of nitrogens with zero attached hydrogens (tertiary/aromatic N) is 4. The van der Waals surface area contributed by atoms with Gasteiger partial charge in [-0.25, -0.2) is 23.8 Å². The van der Waals surface area contributed by atoms with Gasteiger partial charge >= 0.3 is 12.2 Å². The van der Waals surface area contributed by atoms with Crippen LogP contribution in [-0.4, -0.2) is 32.4 Å². The molecule has 1 aliphatic heterocycles. The normalized spacial score (nSPS) is 15.9. The summed E-state index contributed by atoms with van der Waals surface area (Å²) in [6, 6.07) is 6.98. The highest BCUT2D eigenvalue weighted by molar-refractivity contribution is 5.99. The largest absolute Gasteiger partial charge is 0.438 e. The maximum atomic E-state index is 13.9. The van der Waals surface area contributed by atoms with Gasteiger partial charge in [-0.1, -0.05) is 0 Å². The molecular weight excluding hydrogens is 496 g/mol. The lowest BCUT2D eigenvalue weighted by atomic mass is 10.2. The summed E-state index contributed by atoms with van der Waals surface area (Å²) >= 11 is 0. The van der Waals surface area contributed by atoms with Crippen LogP contribution in [0.2, 0.25) is 0 Å². The molecule has 0 spiro atoms. The molecule has 13 heteroatoms. The lowest BCUT2D eigenvalue weighted by molar-refractivity contribution is -0.137. The van der Waals surface area contributed by atoms with Crippen molar-refractivity contribution in [2.45, 2.75) is 31.7 Å². The predicted octanol–water partition coefficient (Wildman–Crippen LogP) is 6.12. The third-order valence-electron chi connectivity index (χ3n) is 5.65. The lowest BCUT2D eigenvalue weighted by Crippen LogP contribution is -2.20. The quantitative estimate of drug-likeness (QED) is 0.310. The van der Waals surface area contributed by atoms with Crippen LogP contribution in [0.15, 0.2) is 55.0 Å². The summed E-state index contributed by atoms with van der Waals surface area (Å²) in [6.45, 7) is 0.660. The van der Waals surface area contributed by atoms with Crippen LogP contribution in [0.4, 0.5) is 33.7 Å². The first kappa shape index (κ1) is 24.4. The van der Waals surface area contributed by atoms with Crippen molar-refractivity contribution < 1.29 is 31.8 Å². The Kier molecular flexibility index (Phi) is 6.61. The molecule has 192 valence electrons. The zero-order valence-corrected chi connectivity index (χ0v) is 19.1. The summed E-state index contributed by atoms with van der Waals surface area (Å²) in [6.07, 6.45) is 0.978. The number of carbonyl (C=O) groups is 1. The molecule has 37 heavy (non-hydrogen) atoms. The van der Waals surface area contributed by atoms with E-state index in [0.717, 1.165) is 19.3 Å². The van der Waals surface area contributed by atoms with Crippen LogP contribution in [0, 0.1) is 5.82 Å². The van der Waals surface area contributed by atoms with Gasteiger partial charge in [-0.3, -0.25) is 0 Å². The van der Waals surface area contributed by atoms with Crippen molar-refractivity contribution in [3.63, 3.8) is 0 Å². The number of halogens is 4. The van der Waals surface area contributed by atoms with E-state index in [0.29, 0.717) is 47.3 Å². The Labute approximate surface area is 207 Å². The molecular formula is C24H20F4N6O3. The van der Waals surface area contributed by atoms with Crippen molar-refractivity contribution in [1.82, 2.24) is 19.7 Å². The minimum atomic E-state index is -4.67. The number of alkyl halides is 3. The number of anilines is 2. The first-order valence-corrected chi connectivity index (χ1v) is 11.3. The predicted molar refractivity (Wildman–Crippen MR) is 125 cm³/mol. The third kappa shape index (κ3) is 5.45. The molecule has 1 saturated heterocycles. The molecule has 4 aromatic rings. The molecule has 2 amide bonds. The second kappa shape index (κ2) is 10.0. The highest BCUT2D eigenvalue weighted by Crippen LogP contribution is 2.33. The molecule has 1 aliphatic rings. The Morgan fingerprint density at radius 3 is 2.62 bits per heavy atom. The fraction of sp³-hybridized carbons (Fsp3) is 0.250. The van der Waals surface area contributed by atoms with E-state index in [1.54, 1.807) is 23.0 Å². The van der Waals surface area contributed by atoms with E-state index in [1.807, 2.05) is 0 Å². The Hall–Kier alpha value is -4.26. The monoisotopic (exact) mass is 516 g/mol. The van der Waals surface area contributed by atoms with E-state index in [9.17, 15) is 22.4 Å². The lowest BCUT2D eigenvalue weighted by Gasteiger charge is -2.22. The van der Waals surface area contributed by atoms with Crippen LogP contribution in [0.5, 0.6) is 11.6 Å². The van der Waals surface area contributed by atoms with E-state index in [1.165, 1.54) is 18.5 Å². The fourth-order valence-corrected chi connectivity index (χ4v) is 3.85. The number of benzene rings is 2. The van der Waals surface area contributed by atoms with Gasteiger partial charge in [0.15, 0.2) is 11.9 Å². The molecule has 1 fully saturated rings. The van der Waals surface area contributed by atoms with Gasteiger partial charge in [-0.15, -0.1) is 0 Å². The second-order valence-corrected chi connectivity index (χ2v) is 8.22. The number of rotatable bonds is 5. The maximum Gasteiger partial charge on any atom is 0.416 e. The molecule has 0 radical (unpaired) electrons. The topological polar surface area (TPSA) is 103 Å². The number of carbonyl (C=O) groups excluding carboxylic acids is 1. The summed E-state index contributed by atoms with van der Waals surface area (Å²) in [7, 11) is 0. The number of nitrogens with one attached hydrogen (secondary N) is 2. The molecule has 2 aromatic carbocycles. The molecule has 0 saturated carbocycles. The Morgan fingerprint density at radius 2 is 1.89 bits per heavy atom. The Morgan fingerprint density at radius 1 is 1.08 bits per heavy atom. The van der Waals surface area contributed by atoms with Crippen molar-refractivity contribution in [2.75, 3.05) is 17.2 Å². The SMILES string of the molecule is O=C(Nc1ccc(Oc2ncnc3c2cnn3C2CCCCO2)cc1)Nc1cc(C(F)(F)F)ccc1F. The number of hydrogen-bond acceptors (Lipinski definition) is 6. The van der Waals surface area contributed by atoms with Gasteiger partial charge in [-0.05, 0) is 61.7 Å². The highest BCUT2D eigenvalue weighted by Gasteiger charge is 2.31. The number of urea groups is 1. The van der Waals surface area contributed by atoms with Crippen LogP contribution in [0.25, 0.3) is 11.0 Å². The van der Waals surface area contributed by atoms with Crippen molar-refractivity contribution in [3.05, 3.63) is 66.4 Å². The van der Waals surface area contributed by atoms with Gasteiger partial charge in [0.05, 0.1) is 17.4 Å². The molecule has 9 nitrogen and oxygen atoms in total. The fourth-order valence-electron chi connectivity index (χ4n) is 3.85. The molecule has 0 aliphatic carbocycles. The van der Waals surface area contributed by atoms with Crippen molar-refractivity contribution >= 4 is 28.4 Å². The zero-order valence-electron chi connectivity index (χ0n) is 19.1. The number of hydrogen-bond donors (Lipinski definition) is 2. The third-order valence-corrected chi connectivity index (χ3v) is 5.65. The first-order valence-electron chi connectivity index (χ1n) is 11.3. The number of fused-ring (bicyclic) bond motifs is 1. The second-order valence-electron chi connectivity index (χ2n) is 8.22. The van der Waals surface area contributed by atoms with Gasteiger partial charge in [-0.2, -0.15) is 18.3 Å². The van der Waals surface area contributed by atoms with Gasteiger partial charge in [0, 0.05) is 12.3 Å². The van der Waals surface area contributed by atoms with E-state index in [-0.39, 0.29) is 12.1 Å².